The summed E-state index contributed by atoms with van der Waals surface area (Å²) in [6.07, 6.45) is 0. The highest BCUT2D eigenvalue weighted by atomic mass is 19.1. The lowest BCUT2D eigenvalue weighted by atomic mass is 9.98. The maximum Gasteiger partial charge on any atom is 0.257 e. The van der Waals surface area contributed by atoms with Gasteiger partial charge >= 0.3 is 0 Å². The second-order valence-corrected chi connectivity index (χ2v) is 6.08. The summed E-state index contributed by atoms with van der Waals surface area (Å²) in [7, 11) is 0. The zero-order valence-electron chi connectivity index (χ0n) is 14.2. The Bertz CT molecular complexity index is 1180. The number of aromatic nitrogens is 1. The summed E-state index contributed by atoms with van der Waals surface area (Å²) in [6, 6.07) is 21.5. The van der Waals surface area contributed by atoms with E-state index in [0.29, 0.717) is 27.6 Å². The minimum absolute atomic E-state index is 0.215. The Hall–Kier alpha value is -3.73. The van der Waals surface area contributed by atoms with E-state index in [0.717, 1.165) is 0 Å². The molecule has 4 nitrogen and oxygen atoms in total. The van der Waals surface area contributed by atoms with Crippen LogP contribution in [0.2, 0.25) is 0 Å². The summed E-state index contributed by atoms with van der Waals surface area (Å²) in [5.74, 6) is -0.306. The Kier molecular flexibility index (Phi) is 4.26. The van der Waals surface area contributed by atoms with Gasteiger partial charge in [-0.05, 0) is 30.3 Å². The molecule has 0 aliphatic heterocycles. The molecular weight excluding hydrogens is 343 g/mol. The van der Waals surface area contributed by atoms with Crippen LogP contribution in [0.1, 0.15) is 15.9 Å². The van der Waals surface area contributed by atoms with Crippen LogP contribution in [0, 0.1) is 5.82 Å². The molecule has 0 saturated carbocycles. The fourth-order valence-electron chi connectivity index (χ4n) is 3.02. The van der Waals surface area contributed by atoms with Gasteiger partial charge < -0.3 is 10.3 Å². The largest absolute Gasteiger partial charge is 0.341 e. The number of rotatable bonds is 4. The minimum atomic E-state index is -0.367. The van der Waals surface area contributed by atoms with Crippen LogP contribution in [0.25, 0.3) is 10.8 Å². The first kappa shape index (κ1) is 16.7. The van der Waals surface area contributed by atoms with Crippen LogP contribution in [0.3, 0.4) is 0 Å². The van der Waals surface area contributed by atoms with E-state index in [1.165, 1.54) is 12.1 Å². The van der Waals surface area contributed by atoms with Gasteiger partial charge in [-0.25, -0.2) is 4.39 Å². The van der Waals surface area contributed by atoms with E-state index in [-0.39, 0.29) is 23.0 Å². The summed E-state index contributed by atoms with van der Waals surface area (Å²) < 4.78 is 13.2. The molecule has 0 aliphatic rings. The monoisotopic (exact) mass is 358 g/mol. The van der Waals surface area contributed by atoms with Gasteiger partial charge in [-0.15, -0.1) is 0 Å². The van der Waals surface area contributed by atoms with E-state index in [9.17, 15) is 14.0 Å². The van der Waals surface area contributed by atoms with Gasteiger partial charge in [-0.1, -0.05) is 48.5 Å². The SMILES string of the molecule is O=C(c1ccccc1)c1c(Nc2ccc(F)cc2)[nH]c(=O)c2ccccc12. The highest BCUT2D eigenvalue weighted by Gasteiger charge is 2.19. The molecule has 0 amide bonds. The Balaban J connectivity index is 1.93. The molecule has 3 aromatic carbocycles. The first-order valence-corrected chi connectivity index (χ1v) is 8.41. The number of benzene rings is 3. The topological polar surface area (TPSA) is 62.0 Å². The molecule has 4 aromatic rings. The standard InChI is InChI=1S/C22H15FN2O2/c23-15-10-12-16(13-11-15)24-21-19(20(26)14-6-2-1-3-7-14)17-8-4-5-9-18(17)22(27)25-21/h1-13H,(H2,24,25,27). The molecule has 0 atom stereocenters. The van der Waals surface area contributed by atoms with E-state index in [1.807, 2.05) is 6.07 Å². The molecule has 0 spiro atoms. The van der Waals surface area contributed by atoms with Crippen molar-refractivity contribution in [3.63, 3.8) is 0 Å². The van der Waals surface area contributed by atoms with Crippen molar-refractivity contribution in [3.05, 3.63) is 106 Å². The van der Waals surface area contributed by atoms with Gasteiger partial charge in [0.2, 0.25) is 0 Å². The molecule has 0 fully saturated rings. The zero-order chi connectivity index (χ0) is 18.8. The molecule has 1 aromatic heterocycles. The number of halogens is 1. The number of hydrogen-bond donors (Lipinski definition) is 2. The van der Waals surface area contributed by atoms with Gasteiger partial charge in [-0.3, -0.25) is 9.59 Å². The summed E-state index contributed by atoms with van der Waals surface area (Å²) in [5.41, 5.74) is 1.13. The number of carbonyl (C=O) groups excluding carboxylic acids is 1. The van der Waals surface area contributed by atoms with E-state index in [4.69, 9.17) is 0 Å². The lowest BCUT2D eigenvalue weighted by Gasteiger charge is -2.14. The maximum atomic E-state index is 13.2. The highest BCUT2D eigenvalue weighted by molar-refractivity contribution is 6.19. The molecule has 132 valence electrons. The number of ketones is 1. The Morgan fingerprint density at radius 1 is 0.815 bits per heavy atom. The summed E-state index contributed by atoms with van der Waals surface area (Å²) in [5, 5.41) is 4.03. The summed E-state index contributed by atoms with van der Waals surface area (Å²) >= 11 is 0. The van der Waals surface area contributed by atoms with E-state index < -0.39 is 0 Å². The Morgan fingerprint density at radius 2 is 1.44 bits per heavy atom. The van der Waals surface area contributed by atoms with E-state index in [1.54, 1.807) is 60.7 Å². The average Bonchev–Trinajstić information content (AvgIpc) is 2.70. The number of pyridine rings is 1. The van der Waals surface area contributed by atoms with Gasteiger partial charge in [0.1, 0.15) is 11.6 Å². The van der Waals surface area contributed by atoms with Crippen LogP contribution in [0.5, 0.6) is 0 Å². The van der Waals surface area contributed by atoms with Crippen LogP contribution in [-0.2, 0) is 0 Å². The average molecular weight is 358 g/mol. The highest BCUT2D eigenvalue weighted by Crippen LogP contribution is 2.27. The van der Waals surface area contributed by atoms with Crippen LogP contribution in [-0.4, -0.2) is 10.8 Å². The normalized spacial score (nSPS) is 10.7. The molecule has 0 unspecified atom stereocenters. The zero-order valence-corrected chi connectivity index (χ0v) is 14.2. The van der Waals surface area contributed by atoms with Crippen molar-refractivity contribution in [1.29, 1.82) is 0 Å². The summed E-state index contributed by atoms with van der Waals surface area (Å²) in [4.78, 5) is 28.5. The van der Waals surface area contributed by atoms with Crippen molar-refractivity contribution < 1.29 is 9.18 Å². The van der Waals surface area contributed by atoms with Crippen molar-refractivity contribution in [1.82, 2.24) is 4.98 Å². The number of fused-ring (bicyclic) bond motifs is 1. The van der Waals surface area contributed by atoms with Crippen LogP contribution in [0.15, 0.2) is 83.7 Å². The van der Waals surface area contributed by atoms with Gasteiger partial charge in [0.05, 0.1) is 5.56 Å². The molecular formula is C22H15FN2O2. The molecule has 2 N–H and O–H groups in total. The predicted octanol–water partition coefficient (Wildman–Crippen LogP) is 4.64. The molecule has 0 aliphatic carbocycles. The number of nitrogens with one attached hydrogen (secondary N) is 2. The lowest BCUT2D eigenvalue weighted by Crippen LogP contribution is -2.16. The molecule has 5 heteroatoms. The number of H-pyrrole nitrogens is 1. The Morgan fingerprint density at radius 3 is 2.15 bits per heavy atom. The molecule has 27 heavy (non-hydrogen) atoms. The maximum absolute atomic E-state index is 13.2. The fraction of sp³-hybridized carbons (Fsp3) is 0. The summed E-state index contributed by atoms with van der Waals surface area (Å²) in [6.45, 7) is 0. The van der Waals surface area contributed by atoms with Crippen LogP contribution >= 0.6 is 0 Å². The lowest BCUT2D eigenvalue weighted by molar-refractivity contribution is 0.104. The third-order valence-electron chi connectivity index (χ3n) is 4.31. The first-order valence-electron chi connectivity index (χ1n) is 8.41. The first-order chi connectivity index (χ1) is 13.1. The van der Waals surface area contributed by atoms with Gasteiger partial charge in [0.15, 0.2) is 5.78 Å². The predicted molar refractivity (Wildman–Crippen MR) is 104 cm³/mol. The van der Waals surface area contributed by atoms with E-state index in [2.05, 4.69) is 10.3 Å². The van der Waals surface area contributed by atoms with Crippen molar-refractivity contribution in [2.75, 3.05) is 5.32 Å². The number of aromatic amines is 1. The number of anilines is 2. The molecule has 0 radical (unpaired) electrons. The number of hydrogen-bond acceptors (Lipinski definition) is 3. The Labute approximate surface area is 154 Å². The fourth-order valence-corrected chi connectivity index (χ4v) is 3.02. The second kappa shape index (κ2) is 6.88. The van der Waals surface area contributed by atoms with Gasteiger partial charge in [-0.2, -0.15) is 0 Å². The van der Waals surface area contributed by atoms with Crippen LogP contribution in [0.4, 0.5) is 15.9 Å². The van der Waals surface area contributed by atoms with Gasteiger partial charge in [0, 0.05) is 22.0 Å². The minimum Gasteiger partial charge on any atom is -0.341 e. The van der Waals surface area contributed by atoms with Crippen molar-refractivity contribution in [2.24, 2.45) is 0 Å². The second-order valence-electron chi connectivity index (χ2n) is 6.08. The van der Waals surface area contributed by atoms with Crippen molar-refractivity contribution in [2.45, 2.75) is 0 Å². The molecule has 0 saturated heterocycles. The quantitative estimate of drug-likeness (QED) is 0.522. The number of carbonyl (C=O) groups is 1. The van der Waals surface area contributed by atoms with Crippen LogP contribution < -0.4 is 10.9 Å². The van der Waals surface area contributed by atoms with Crippen molar-refractivity contribution in [3.8, 4) is 0 Å². The third-order valence-corrected chi connectivity index (χ3v) is 4.31. The van der Waals surface area contributed by atoms with E-state index >= 15 is 0 Å². The van der Waals surface area contributed by atoms with Gasteiger partial charge in [0.25, 0.3) is 5.56 Å². The third kappa shape index (κ3) is 3.22. The molecule has 1 heterocycles. The molecule has 0 bridgehead atoms. The molecule has 4 rings (SSSR count). The van der Waals surface area contributed by atoms with Crippen molar-refractivity contribution >= 4 is 28.1 Å². The smallest absolute Gasteiger partial charge is 0.257 e.